The van der Waals surface area contributed by atoms with E-state index in [1.165, 1.54) is 23.9 Å². The highest BCUT2D eigenvalue weighted by molar-refractivity contribution is 8.01. The second-order valence-electron chi connectivity index (χ2n) is 5.38. The molecule has 2 atom stereocenters. The summed E-state index contributed by atoms with van der Waals surface area (Å²) in [6, 6.07) is 5.05. The second kappa shape index (κ2) is 5.59. The number of hydrogen-bond acceptors (Lipinski definition) is 3. The van der Waals surface area contributed by atoms with Gasteiger partial charge in [-0.25, -0.2) is 0 Å². The minimum atomic E-state index is -4.36. The van der Waals surface area contributed by atoms with Gasteiger partial charge in [0.25, 0.3) is 0 Å². The number of carbonyl (C=O) groups is 1. The lowest BCUT2D eigenvalue weighted by atomic mass is 10.0. The number of amides is 1. The first-order valence-electron chi connectivity index (χ1n) is 6.95. The van der Waals surface area contributed by atoms with Crippen molar-refractivity contribution in [3.05, 3.63) is 46.6 Å². The third kappa shape index (κ3) is 2.95. The van der Waals surface area contributed by atoms with Crippen LogP contribution < -0.4 is 5.32 Å². The molecule has 2 heterocycles. The maximum absolute atomic E-state index is 12.7. The number of alkyl halides is 3. The van der Waals surface area contributed by atoms with Crippen LogP contribution in [-0.2, 0) is 11.0 Å². The molecule has 0 bridgehead atoms. The summed E-state index contributed by atoms with van der Waals surface area (Å²) in [4.78, 5) is 12.0. The van der Waals surface area contributed by atoms with Gasteiger partial charge in [0.2, 0.25) is 5.91 Å². The van der Waals surface area contributed by atoms with Crippen molar-refractivity contribution in [2.75, 3.05) is 5.32 Å². The van der Waals surface area contributed by atoms with Gasteiger partial charge >= 0.3 is 6.18 Å². The predicted molar refractivity (Wildman–Crippen MR) is 82.3 cm³/mol. The van der Waals surface area contributed by atoms with Crippen molar-refractivity contribution in [1.29, 1.82) is 0 Å². The van der Waals surface area contributed by atoms with Crippen molar-refractivity contribution >= 4 is 23.5 Å². The van der Waals surface area contributed by atoms with Crippen LogP contribution in [0.4, 0.5) is 19.0 Å². The molecule has 23 heavy (non-hydrogen) atoms. The Morgan fingerprint density at radius 3 is 2.48 bits per heavy atom. The molecule has 0 spiro atoms. The van der Waals surface area contributed by atoms with Gasteiger partial charge in [-0.2, -0.15) is 18.3 Å². The van der Waals surface area contributed by atoms with E-state index in [0.29, 0.717) is 11.4 Å². The molecular formula is C15H14F3N3OS. The summed E-state index contributed by atoms with van der Waals surface area (Å²) in [7, 11) is 0. The Morgan fingerprint density at radius 1 is 1.22 bits per heavy atom. The van der Waals surface area contributed by atoms with Gasteiger partial charge in [0, 0.05) is 11.3 Å². The molecule has 122 valence electrons. The van der Waals surface area contributed by atoms with Gasteiger partial charge in [0.15, 0.2) is 5.82 Å². The van der Waals surface area contributed by atoms with E-state index in [0.717, 1.165) is 23.4 Å². The molecule has 1 aromatic heterocycles. The van der Waals surface area contributed by atoms with E-state index in [1.54, 1.807) is 6.92 Å². The third-order valence-electron chi connectivity index (χ3n) is 3.75. The molecular weight excluding hydrogens is 327 g/mol. The van der Waals surface area contributed by atoms with E-state index >= 15 is 0 Å². The number of anilines is 1. The summed E-state index contributed by atoms with van der Waals surface area (Å²) < 4.78 is 38.2. The number of thioether (sulfide) groups is 1. The number of aryl methyl sites for hydroxylation is 1. The zero-order valence-electron chi connectivity index (χ0n) is 12.4. The van der Waals surface area contributed by atoms with Gasteiger partial charge in [-0.05, 0) is 31.5 Å². The summed E-state index contributed by atoms with van der Waals surface area (Å²) in [5.41, 5.74) is 1.60. The summed E-state index contributed by atoms with van der Waals surface area (Å²) in [6.07, 6.45) is -4.36. The van der Waals surface area contributed by atoms with Crippen molar-refractivity contribution < 1.29 is 18.0 Å². The fourth-order valence-electron chi connectivity index (χ4n) is 2.50. The Balaban J connectivity index is 2.04. The van der Waals surface area contributed by atoms with Crippen LogP contribution >= 0.6 is 11.8 Å². The Bertz CT molecular complexity index is 739. The van der Waals surface area contributed by atoms with Crippen molar-refractivity contribution in [2.24, 2.45) is 0 Å². The first-order valence-corrected chi connectivity index (χ1v) is 7.90. The number of nitrogens with zero attached hydrogens (tertiary/aromatic N) is 1. The largest absolute Gasteiger partial charge is 0.416 e. The van der Waals surface area contributed by atoms with E-state index in [-0.39, 0.29) is 16.4 Å². The van der Waals surface area contributed by atoms with E-state index in [4.69, 9.17) is 0 Å². The molecule has 0 radical (unpaired) electrons. The lowest BCUT2D eigenvalue weighted by molar-refractivity contribution is -0.137. The zero-order valence-corrected chi connectivity index (χ0v) is 13.2. The van der Waals surface area contributed by atoms with Crippen LogP contribution in [0.1, 0.15) is 34.6 Å². The fraction of sp³-hybridized carbons (Fsp3) is 0.333. The van der Waals surface area contributed by atoms with E-state index in [9.17, 15) is 18.0 Å². The van der Waals surface area contributed by atoms with Crippen LogP contribution in [0.25, 0.3) is 0 Å². The van der Waals surface area contributed by atoms with Crippen molar-refractivity contribution in [1.82, 2.24) is 10.2 Å². The maximum atomic E-state index is 12.7. The number of carbonyl (C=O) groups excluding carboxylic acids is 1. The molecule has 0 aliphatic carbocycles. The molecule has 4 nitrogen and oxygen atoms in total. The van der Waals surface area contributed by atoms with Gasteiger partial charge in [-0.1, -0.05) is 12.1 Å². The first kappa shape index (κ1) is 15.9. The number of aromatic nitrogens is 2. The number of aromatic amines is 1. The molecule has 1 aromatic carbocycles. The second-order valence-corrected chi connectivity index (χ2v) is 6.83. The van der Waals surface area contributed by atoms with Gasteiger partial charge < -0.3 is 5.32 Å². The monoisotopic (exact) mass is 341 g/mol. The first-order chi connectivity index (χ1) is 10.8. The number of H-pyrrole nitrogens is 1. The summed E-state index contributed by atoms with van der Waals surface area (Å²) in [6.45, 7) is 3.59. The summed E-state index contributed by atoms with van der Waals surface area (Å²) >= 11 is 1.39. The van der Waals surface area contributed by atoms with Crippen LogP contribution in [0.2, 0.25) is 0 Å². The Kier molecular flexibility index (Phi) is 3.87. The van der Waals surface area contributed by atoms with Crippen molar-refractivity contribution in [3.8, 4) is 0 Å². The molecule has 0 saturated heterocycles. The van der Waals surface area contributed by atoms with Crippen molar-refractivity contribution in [3.63, 3.8) is 0 Å². The number of rotatable bonds is 1. The van der Waals surface area contributed by atoms with Crippen LogP contribution in [0.3, 0.4) is 0 Å². The van der Waals surface area contributed by atoms with Crippen LogP contribution in [0, 0.1) is 6.92 Å². The summed E-state index contributed by atoms with van der Waals surface area (Å²) in [5.74, 6) is 0.270. The number of nitrogens with one attached hydrogen (secondary N) is 2. The zero-order chi connectivity index (χ0) is 16.8. The van der Waals surface area contributed by atoms with Gasteiger partial charge in [0.1, 0.15) is 0 Å². The molecule has 1 amide bonds. The number of halogens is 3. The minimum Gasteiger partial charge on any atom is -0.308 e. The van der Waals surface area contributed by atoms with Crippen LogP contribution in [0.5, 0.6) is 0 Å². The van der Waals surface area contributed by atoms with E-state index < -0.39 is 11.7 Å². The normalized spacial score (nSPS) is 21.5. The number of benzene rings is 1. The van der Waals surface area contributed by atoms with Crippen molar-refractivity contribution in [2.45, 2.75) is 30.5 Å². The quantitative estimate of drug-likeness (QED) is 0.827. The SMILES string of the molecule is Cc1[nH]nc2c1C(c1ccc(C(F)(F)F)cc1)SC(C)C(=O)N2. The topological polar surface area (TPSA) is 57.8 Å². The third-order valence-corrected chi connectivity index (χ3v) is 5.15. The molecule has 0 fully saturated rings. The van der Waals surface area contributed by atoms with Crippen LogP contribution in [0.15, 0.2) is 24.3 Å². The fourth-order valence-corrected chi connectivity index (χ4v) is 3.83. The Morgan fingerprint density at radius 2 is 1.87 bits per heavy atom. The highest BCUT2D eigenvalue weighted by Crippen LogP contribution is 2.45. The average Bonchev–Trinajstić information content (AvgIpc) is 2.78. The van der Waals surface area contributed by atoms with Gasteiger partial charge in [-0.15, -0.1) is 11.8 Å². The standard InChI is InChI=1S/C15H14F3N3OS/c1-7-11-12(9-3-5-10(6-4-9)15(16,17)18)23-8(2)14(22)19-13(11)21-20-7/h3-6,8,12H,1-2H3,(H2,19,20,21,22). The predicted octanol–water partition coefficient (Wildman–Crippen LogP) is 3.90. The Labute approximate surface area is 134 Å². The van der Waals surface area contributed by atoms with E-state index in [1.807, 2.05) is 6.92 Å². The Hall–Kier alpha value is -1.96. The average molecular weight is 341 g/mol. The lowest BCUT2D eigenvalue weighted by Crippen LogP contribution is -2.21. The molecule has 1 aliphatic rings. The highest BCUT2D eigenvalue weighted by Gasteiger charge is 2.34. The number of fused-ring (bicyclic) bond motifs is 1. The molecule has 2 unspecified atom stereocenters. The highest BCUT2D eigenvalue weighted by atomic mass is 32.2. The molecule has 3 rings (SSSR count). The molecule has 2 aromatic rings. The summed E-state index contributed by atoms with van der Waals surface area (Å²) in [5, 5.41) is 9.05. The molecule has 1 aliphatic heterocycles. The smallest absolute Gasteiger partial charge is 0.308 e. The van der Waals surface area contributed by atoms with Gasteiger partial charge in [-0.3, -0.25) is 9.89 Å². The molecule has 2 N–H and O–H groups in total. The minimum absolute atomic E-state index is 0.169. The number of hydrogen-bond donors (Lipinski definition) is 2. The lowest BCUT2D eigenvalue weighted by Gasteiger charge is -2.18. The maximum Gasteiger partial charge on any atom is 0.416 e. The van der Waals surface area contributed by atoms with E-state index in [2.05, 4.69) is 15.5 Å². The molecule has 8 heteroatoms. The molecule has 0 saturated carbocycles. The van der Waals surface area contributed by atoms with Crippen LogP contribution in [-0.4, -0.2) is 21.4 Å². The van der Waals surface area contributed by atoms with Gasteiger partial charge in [0.05, 0.1) is 16.1 Å².